The lowest BCUT2D eigenvalue weighted by Gasteiger charge is -2.31. The SMILES string of the molecule is CN(C(=O)Cc1csc(-c2ccc(Cl)cc2)n1)C1CCCCC1. The van der Waals surface area contributed by atoms with Crippen LogP contribution in [0, 0.1) is 0 Å². The van der Waals surface area contributed by atoms with Crippen molar-refractivity contribution < 1.29 is 4.79 Å². The van der Waals surface area contributed by atoms with Gasteiger partial charge in [-0.1, -0.05) is 43.0 Å². The Labute approximate surface area is 146 Å². The maximum atomic E-state index is 12.5. The van der Waals surface area contributed by atoms with Gasteiger partial charge in [-0.15, -0.1) is 11.3 Å². The van der Waals surface area contributed by atoms with Crippen molar-refractivity contribution in [2.75, 3.05) is 7.05 Å². The van der Waals surface area contributed by atoms with E-state index < -0.39 is 0 Å². The van der Waals surface area contributed by atoms with Crippen LogP contribution in [0.25, 0.3) is 10.6 Å². The van der Waals surface area contributed by atoms with Gasteiger partial charge in [0.15, 0.2) is 0 Å². The molecule has 122 valence electrons. The van der Waals surface area contributed by atoms with Gasteiger partial charge in [0.2, 0.25) is 5.91 Å². The molecule has 0 spiro atoms. The maximum Gasteiger partial charge on any atom is 0.228 e. The van der Waals surface area contributed by atoms with E-state index in [0.717, 1.165) is 34.1 Å². The van der Waals surface area contributed by atoms with Crippen molar-refractivity contribution in [1.82, 2.24) is 9.88 Å². The lowest BCUT2D eigenvalue weighted by Crippen LogP contribution is -2.39. The monoisotopic (exact) mass is 348 g/mol. The number of likely N-dealkylation sites (N-methyl/N-ethyl adjacent to an activating group) is 1. The van der Waals surface area contributed by atoms with Crippen molar-refractivity contribution >= 4 is 28.8 Å². The van der Waals surface area contributed by atoms with Crippen LogP contribution in [-0.2, 0) is 11.2 Å². The molecule has 0 unspecified atom stereocenters. The Kier molecular flexibility index (Phi) is 5.34. The lowest BCUT2D eigenvalue weighted by atomic mass is 9.94. The van der Waals surface area contributed by atoms with Crippen LogP contribution in [0.15, 0.2) is 29.6 Å². The number of carbonyl (C=O) groups excluding carboxylic acids is 1. The minimum absolute atomic E-state index is 0.171. The Hall–Kier alpha value is -1.39. The first-order valence-electron chi connectivity index (χ1n) is 8.09. The van der Waals surface area contributed by atoms with E-state index in [2.05, 4.69) is 4.98 Å². The zero-order chi connectivity index (χ0) is 16.2. The van der Waals surface area contributed by atoms with Crippen LogP contribution in [0.3, 0.4) is 0 Å². The van der Waals surface area contributed by atoms with Gasteiger partial charge < -0.3 is 4.90 Å². The second kappa shape index (κ2) is 7.45. The number of thiazole rings is 1. The van der Waals surface area contributed by atoms with Gasteiger partial charge in [0.1, 0.15) is 5.01 Å². The van der Waals surface area contributed by atoms with Crippen LogP contribution >= 0.6 is 22.9 Å². The molecule has 2 aromatic rings. The number of hydrogen-bond donors (Lipinski definition) is 0. The minimum atomic E-state index is 0.171. The van der Waals surface area contributed by atoms with Gasteiger partial charge in [-0.05, 0) is 25.0 Å². The van der Waals surface area contributed by atoms with Crippen LogP contribution < -0.4 is 0 Å². The smallest absolute Gasteiger partial charge is 0.228 e. The van der Waals surface area contributed by atoms with E-state index in [-0.39, 0.29) is 5.91 Å². The fraction of sp³-hybridized carbons (Fsp3) is 0.444. The molecule has 1 aromatic heterocycles. The molecule has 3 nitrogen and oxygen atoms in total. The molecule has 1 aliphatic rings. The van der Waals surface area contributed by atoms with Gasteiger partial charge >= 0.3 is 0 Å². The summed E-state index contributed by atoms with van der Waals surface area (Å²) in [5, 5.41) is 3.64. The van der Waals surface area contributed by atoms with Crippen molar-refractivity contribution in [2.24, 2.45) is 0 Å². The average Bonchev–Trinajstić information content (AvgIpc) is 3.04. The Bertz CT molecular complexity index is 662. The van der Waals surface area contributed by atoms with Crippen molar-refractivity contribution in [3.63, 3.8) is 0 Å². The second-order valence-electron chi connectivity index (χ2n) is 6.12. The number of hydrogen-bond acceptors (Lipinski definition) is 3. The number of amides is 1. The van der Waals surface area contributed by atoms with Crippen molar-refractivity contribution in [2.45, 2.75) is 44.6 Å². The molecule has 0 bridgehead atoms. The quantitative estimate of drug-likeness (QED) is 0.795. The normalized spacial score (nSPS) is 15.6. The largest absolute Gasteiger partial charge is 0.342 e. The zero-order valence-corrected chi connectivity index (χ0v) is 14.9. The van der Waals surface area contributed by atoms with E-state index in [1.54, 1.807) is 11.3 Å². The summed E-state index contributed by atoms with van der Waals surface area (Å²) in [6.45, 7) is 0. The molecule has 3 rings (SSSR count). The predicted octanol–water partition coefficient (Wildman–Crippen LogP) is 4.80. The number of halogens is 1. The summed E-state index contributed by atoms with van der Waals surface area (Å²) in [6.07, 6.45) is 6.43. The molecular formula is C18H21ClN2OS. The van der Waals surface area contributed by atoms with Crippen molar-refractivity contribution in [3.8, 4) is 10.6 Å². The second-order valence-corrected chi connectivity index (χ2v) is 7.42. The summed E-state index contributed by atoms with van der Waals surface area (Å²) in [7, 11) is 1.94. The maximum absolute atomic E-state index is 12.5. The van der Waals surface area contributed by atoms with E-state index in [0.29, 0.717) is 12.5 Å². The van der Waals surface area contributed by atoms with Gasteiger partial charge in [0.05, 0.1) is 12.1 Å². The third-order valence-electron chi connectivity index (χ3n) is 4.49. The average molecular weight is 349 g/mol. The highest BCUT2D eigenvalue weighted by Crippen LogP contribution is 2.26. The molecule has 1 fully saturated rings. The van der Waals surface area contributed by atoms with Crippen LogP contribution in [0.4, 0.5) is 0 Å². The Morgan fingerprint density at radius 2 is 1.96 bits per heavy atom. The van der Waals surface area contributed by atoms with E-state index >= 15 is 0 Å². The summed E-state index contributed by atoms with van der Waals surface area (Å²) in [5.74, 6) is 0.171. The van der Waals surface area contributed by atoms with E-state index in [9.17, 15) is 4.79 Å². The van der Waals surface area contributed by atoms with E-state index in [1.807, 2.05) is 41.6 Å². The number of carbonyl (C=O) groups is 1. The van der Waals surface area contributed by atoms with Gasteiger partial charge in [0, 0.05) is 29.1 Å². The van der Waals surface area contributed by atoms with Crippen LogP contribution in [-0.4, -0.2) is 28.9 Å². The highest BCUT2D eigenvalue weighted by atomic mass is 35.5. The number of nitrogens with zero attached hydrogens (tertiary/aromatic N) is 2. The molecule has 1 heterocycles. The first-order chi connectivity index (χ1) is 11.1. The van der Waals surface area contributed by atoms with Crippen LogP contribution in [0.5, 0.6) is 0 Å². The highest BCUT2D eigenvalue weighted by molar-refractivity contribution is 7.13. The summed E-state index contributed by atoms with van der Waals surface area (Å²) in [6, 6.07) is 8.05. The van der Waals surface area contributed by atoms with E-state index in [1.165, 1.54) is 19.3 Å². The fourth-order valence-corrected chi connectivity index (χ4v) is 4.02. The minimum Gasteiger partial charge on any atom is -0.342 e. The standard InChI is InChI=1S/C18H21ClN2OS/c1-21(16-5-3-2-4-6-16)17(22)11-15-12-23-18(20-15)13-7-9-14(19)10-8-13/h7-10,12,16H,2-6,11H2,1H3. The van der Waals surface area contributed by atoms with Gasteiger partial charge in [0.25, 0.3) is 0 Å². The van der Waals surface area contributed by atoms with Crippen LogP contribution in [0.1, 0.15) is 37.8 Å². The highest BCUT2D eigenvalue weighted by Gasteiger charge is 2.22. The molecule has 23 heavy (non-hydrogen) atoms. The summed E-state index contributed by atoms with van der Waals surface area (Å²) in [4.78, 5) is 19.0. The third kappa shape index (κ3) is 4.12. The Balaban J connectivity index is 1.64. The molecule has 1 amide bonds. The van der Waals surface area contributed by atoms with Gasteiger partial charge in [-0.2, -0.15) is 0 Å². The van der Waals surface area contributed by atoms with Gasteiger partial charge in [-0.3, -0.25) is 4.79 Å². The predicted molar refractivity (Wildman–Crippen MR) is 95.9 cm³/mol. The summed E-state index contributed by atoms with van der Waals surface area (Å²) < 4.78 is 0. The number of aromatic nitrogens is 1. The topological polar surface area (TPSA) is 33.2 Å². The molecule has 1 saturated carbocycles. The Morgan fingerprint density at radius 1 is 1.26 bits per heavy atom. The fourth-order valence-electron chi connectivity index (χ4n) is 3.06. The molecule has 0 aliphatic heterocycles. The number of benzene rings is 1. The Morgan fingerprint density at radius 3 is 2.65 bits per heavy atom. The number of rotatable bonds is 4. The summed E-state index contributed by atoms with van der Waals surface area (Å²) >= 11 is 7.49. The van der Waals surface area contributed by atoms with E-state index in [4.69, 9.17) is 11.6 Å². The molecular weight excluding hydrogens is 328 g/mol. The zero-order valence-electron chi connectivity index (χ0n) is 13.3. The third-order valence-corrected chi connectivity index (χ3v) is 5.68. The lowest BCUT2D eigenvalue weighted by molar-refractivity contribution is -0.131. The van der Waals surface area contributed by atoms with Crippen molar-refractivity contribution in [1.29, 1.82) is 0 Å². The first kappa shape index (κ1) is 16.5. The molecule has 1 aliphatic carbocycles. The summed E-state index contributed by atoms with van der Waals surface area (Å²) in [5.41, 5.74) is 1.89. The van der Waals surface area contributed by atoms with Gasteiger partial charge in [-0.25, -0.2) is 4.98 Å². The first-order valence-corrected chi connectivity index (χ1v) is 9.35. The molecule has 0 radical (unpaired) electrons. The molecule has 1 aromatic carbocycles. The van der Waals surface area contributed by atoms with Crippen LogP contribution in [0.2, 0.25) is 5.02 Å². The molecule has 0 N–H and O–H groups in total. The van der Waals surface area contributed by atoms with Crippen molar-refractivity contribution in [3.05, 3.63) is 40.4 Å². The molecule has 0 saturated heterocycles. The molecule has 5 heteroatoms. The molecule has 0 atom stereocenters.